The summed E-state index contributed by atoms with van der Waals surface area (Å²) >= 11 is 6.03. The molecule has 0 aliphatic carbocycles. The van der Waals surface area contributed by atoms with Gasteiger partial charge in [-0.3, -0.25) is 14.5 Å². The monoisotopic (exact) mass is 415 g/mol. The van der Waals surface area contributed by atoms with Gasteiger partial charge in [-0.1, -0.05) is 11.6 Å². The lowest BCUT2D eigenvalue weighted by molar-refractivity contribution is -0.123. The molecular formula is C21H22ClN3O4. The van der Waals surface area contributed by atoms with Crippen LogP contribution in [-0.2, 0) is 9.59 Å². The molecule has 1 saturated heterocycles. The van der Waals surface area contributed by atoms with E-state index in [4.69, 9.17) is 16.3 Å². The van der Waals surface area contributed by atoms with E-state index in [0.717, 1.165) is 31.6 Å². The molecule has 2 aliphatic rings. The Labute approximate surface area is 173 Å². The van der Waals surface area contributed by atoms with Crippen LogP contribution in [0.25, 0.3) is 0 Å². The SMILES string of the molecule is O=C(CN1C(=O)COc2ccc(Cl)cc21)Nc1ccc(N2CCC(O)CC2)cc1. The average molecular weight is 416 g/mol. The summed E-state index contributed by atoms with van der Waals surface area (Å²) in [5.41, 5.74) is 2.20. The lowest BCUT2D eigenvalue weighted by atomic mass is 10.1. The van der Waals surface area contributed by atoms with Gasteiger partial charge < -0.3 is 20.1 Å². The Bertz CT molecular complexity index is 911. The second-order valence-electron chi connectivity index (χ2n) is 7.19. The maximum Gasteiger partial charge on any atom is 0.265 e. The van der Waals surface area contributed by atoms with Crippen LogP contribution in [0.15, 0.2) is 42.5 Å². The molecule has 1 fully saturated rings. The second-order valence-corrected chi connectivity index (χ2v) is 7.63. The van der Waals surface area contributed by atoms with E-state index in [1.807, 2.05) is 24.3 Å². The molecule has 0 spiro atoms. The van der Waals surface area contributed by atoms with Gasteiger partial charge in [0.2, 0.25) is 5.91 Å². The number of anilines is 3. The number of halogens is 1. The number of benzene rings is 2. The van der Waals surface area contributed by atoms with E-state index < -0.39 is 0 Å². The zero-order valence-corrected chi connectivity index (χ0v) is 16.6. The Balaban J connectivity index is 1.40. The minimum Gasteiger partial charge on any atom is -0.482 e. The second kappa shape index (κ2) is 8.31. The molecule has 2 aromatic rings. The van der Waals surface area contributed by atoms with Crippen molar-refractivity contribution >= 4 is 40.5 Å². The molecule has 0 aromatic heterocycles. The van der Waals surface area contributed by atoms with Crippen LogP contribution < -0.4 is 19.9 Å². The summed E-state index contributed by atoms with van der Waals surface area (Å²) in [6.07, 6.45) is 1.31. The number of hydrogen-bond donors (Lipinski definition) is 2. The average Bonchev–Trinajstić information content (AvgIpc) is 2.71. The van der Waals surface area contributed by atoms with Gasteiger partial charge in [0.05, 0.1) is 11.8 Å². The third-order valence-corrected chi connectivity index (χ3v) is 5.38. The van der Waals surface area contributed by atoms with Crippen molar-refractivity contribution in [2.45, 2.75) is 18.9 Å². The van der Waals surface area contributed by atoms with Crippen LogP contribution in [0.4, 0.5) is 17.1 Å². The van der Waals surface area contributed by atoms with Crippen molar-refractivity contribution in [1.29, 1.82) is 0 Å². The molecule has 4 rings (SSSR count). The van der Waals surface area contributed by atoms with E-state index in [1.54, 1.807) is 18.2 Å². The normalized spacial score (nSPS) is 17.0. The first kappa shape index (κ1) is 19.5. The van der Waals surface area contributed by atoms with Crippen LogP contribution in [0.5, 0.6) is 5.75 Å². The quantitative estimate of drug-likeness (QED) is 0.802. The number of hydrogen-bond acceptors (Lipinski definition) is 5. The summed E-state index contributed by atoms with van der Waals surface area (Å²) in [4.78, 5) is 28.4. The first-order valence-corrected chi connectivity index (χ1v) is 9.93. The van der Waals surface area contributed by atoms with Crippen molar-refractivity contribution in [3.05, 3.63) is 47.5 Å². The molecule has 7 nitrogen and oxygen atoms in total. The van der Waals surface area contributed by atoms with Crippen molar-refractivity contribution in [3.8, 4) is 5.75 Å². The van der Waals surface area contributed by atoms with Gasteiger partial charge in [-0.25, -0.2) is 0 Å². The fourth-order valence-electron chi connectivity index (χ4n) is 3.57. The van der Waals surface area contributed by atoms with E-state index in [2.05, 4.69) is 10.2 Å². The highest BCUT2D eigenvalue weighted by molar-refractivity contribution is 6.31. The summed E-state index contributed by atoms with van der Waals surface area (Å²) in [6.45, 7) is 1.39. The highest BCUT2D eigenvalue weighted by Crippen LogP contribution is 2.34. The number of ether oxygens (including phenoxy) is 1. The molecular weight excluding hydrogens is 394 g/mol. The predicted molar refractivity (Wildman–Crippen MR) is 112 cm³/mol. The molecule has 0 unspecified atom stereocenters. The molecule has 152 valence electrons. The molecule has 8 heteroatoms. The maximum absolute atomic E-state index is 12.5. The van der Waals surface area contributed by atoms with Gasteiger partial charge in [0, 0.05) is 29.5 Å². The third-order valence-electron chi connectivity index (χ3n) is 5.15. The van der Waals surface area contributed by atoms with Crippen LogP contribution in [0.2, 0.25) is 5.02 Å². The number of aliphatic hydroxyl groups excluding tert-OH is 1. The highest BCUT2D eigenvalue weighted by Gasteiger charge is 2.27. The van der Waals surface area contributed by atoms with Gasteiger partial charge in [-0.15, -0.1) is 0 Å². The summed E-state index contributed by atoms with van der Waals surface area (Å²) in [5.74, 6) is -0.0737. The minimum atomic E-state index is -0.306. The summed E-state index contributed by atoms with van der Waals surface area (Å²) in [5, 5.41) is 12.9. The van der Waals surface area contributed by atoms with E-state index in [1.165, 1.54) is 4.90 Å². The number of aliphatic hydroxyl groups is 1. The number of carbonyl (C=O) groups is 2. The van der Waals surface area contributed by atoms with Crippen molar-refractivity contribution in [3.63, 3.8) is 0 Å². The lowest BCUT2D eigenvalue weighted by Crippen LogP contribution is -2.43. The third kappa shape index (κ3) is 4.46. The van der Waals surface area contributed by atoms with Gasteiger partial charge in [0.15, 0.2) is 6.61 Å². The lowest BCUT2D eigenvalue weighted by Gasteiger charge is -2.31. The van der Waals surface area contributed by atoms with Crippen LogP contribution in [0.3, 0.4) is 0 Å². The minimum absolute atomic E-state index is 0.110. The van der Waals surface area contributed by atoms with Gasteiger partial charge in [0.25, 0.3) is 5.91 Å². The summed E-state index contributed by atoms with van der Waals surface area (Å²) < 4.78 is 5.40. The largest absolute Gasteiger partial charge is 0.482 e. The van der Waals surface area contributed by atoms with Crippen LogP contribution >= 0.6 is 11.6 Å². The van der Waals surface area contributed by atoms with Crippen LogP contribution in [0, 0.1) is 0 Å². The number of nitrogens with one attached hydrogen (secondary N) is 1. The predicted octanol–water partition coefficient (Wildman–Crippen LogP) is 2.67. The van der Waals surface area contributed by atoms with Gasteiger partial charge in [-0.05, 0) is 55.3 Å². The molecule has 0 bridgehead atoms. The Hall–Kier alpha value is -2.77. The van der Waals surface area contributed by atoms with Gasteiger partial charge in [0.1, 0.15) is 12.3 Å². The fraction of sp³-hybridized carbons (Fsp3) is 0.333. The number of piperidine rings is 1. The molecule has 2 amide bonds. The topological polar surface area (TPSA) is 82.1 Å². The molecule has 2 aromatic carbocycles. The molecule has 0 saturated carbocycles. The van der Waals surface area contributed by atoms with E-state index >= 15 is 0 Å². The number of nitrogens with zero attached hydrogens (tertiary/aromatic N) is 2. The van der Waals surface area contributed by atoms with Crippen molar-refractivity contribution in [2.24, 2.45) is 0 Å². The molecule has 2 heterocycles. The first-order valence-electron chi connectivity index (χ1n) is 9.55. The standard InChI is InChI=1S/C21H22ClN3O4/c22-14-1-6-19-18(11-14)25(21(28)13-29-19)12-20(27)23-15-2-4-16(5-3-15)24-9-7-17(26)8-10-24/h1-6,11,17,26H,7-10,12-13H2,(H,23,27). The summed E-state index contributed by atoms with van der Waals surface area (Å²) in [6, 6.07) is 12.6. The van der Waals surface area contributed by atoms with Crippen molar-refractivity contribution in [2.75, 3.05) is 41.4 Å². The molecule has 2 aliphatic heterocycles. The van der Waals surface area contributed by atoms with Crippen molar-refractivity contribution < 1.29 is 19.4 Å². The first-order chi connectivity index (χ1) is 14.0. The van der Waals surface area contributed by atoms with Gasteiger partial charge in [-0.2, -0.15) is 0 Å². The Morgan fingerprint density at radius 1 is 1.17 bits per heavy atom. The number of rotatable bonds is 4. The summed E-state index contributed by atoms with van der Waals surface area (Å²) in [7, 11) is 0. The number of carbonyl (C=O) groups excluding carboxylic acids is 2. The van der Waals surface area contributed by atoms with E-state index in [9.17, 15) is 14.7 Å². The number of amides is 2. The van der Waals surface area contributed by atoms with E-state index in [0.29, 0.717) is 22.1 Å². The number of fused-ring (bicyclic) bond motifs is 1. The van der Waals surface area contributed by atoms with E-state index in [-0.39, 0.29) is 31.1 Å². The van der Waals surface area contributed by atoms with Gasteiger partial charge >= 0.3 is 0 Å². The molecule has 0 atom stereocenters. The Morgan fingerprint density at radius 3 is 2.62 bits per heavy atom. The van der Waals surface area contributed by atoms with Crippen LogP contribution in [0.1, 0.15) is 12.8 Å². The van der Waals surface area contributed by atoms with Crippen molar-refractivity contribution in [1.82, 2.24) is 0 Å². The molecule has 2 N–H and O–H groups in total. The molecule has 29 heavy (non-hydrogen) atoms. The Kier molecular flexibility index (Phi) is 5.60. The zero-order valence-electron chi connectivity index (χ0n) is 15.8. The fourth-order valence-corrected chi connectivity index (χ4v) is 3.74. The molecule has 0 radical (unpaired) electrons. The highest BCUT2D eigenvalue weighted by atomic mass is 35.5. The zero-order chi connectivity index (χ0) is 20.4. The smallest absolute Gasteiger partial charge is 0.265 e. The Morgan fingerprint density at radius 2 is 1.90 bits per heavy atom. The maximum atomic E-state index is 12.5. The van der Waals surface area contributed by atoms with Crippen LogP contribution in [-0.4, -0.2) is 49.3 Å².